The van der Waals surface area contributed by atoms with Crippen molar-refractivity contribution in [2.45, 2.75) is 32.6 Å². The fourth-order valence-electron chi connectivity index (χ4n) is 3.07. The number of nitrogens with zero attached hydrogens (tertiary/aromatic N) is 4. The van der Waals surface area contributed by atoms with Crippen LogP contribution in [0.5, 0.6) is 0 Å². The third-order valence-electron chi connectivity index (χ3n) is 4.54. The maximum atomic E-state index is 11.6. The number of rotatable bonds is 2. The predicted octanol–water partition coefficient (Wildman–Crippen LogP) is 2.52. The standard InChI is InChI=1S/C17H22N4O/c1-12-18-10-17(20(12)3)16-8-4-7-15(19-16)14-6-5-9-21(11-14)13(2)22/h4,7-8,10,14H,5-6,9,11H2,1-3H3/t14-/m0/s1. The summed E-state index contributed by atoms with van der Waals surface area (Å²) in [5.74, 6) is 1.46. The zero-order chi connectivity index (χ0) is 15.7. The summed E-state index contributed by atoms with van der Waals surface area (Å²) >= 11 is 0. The fraction of sp³-hybridized carbons (Fsp3) is 0.471. The van der Waals surface area contributed by atoms with Crippen LogP contribution in [0.4, 0.5) is 0 Å². The number of hydrogen-bond donors (Lipinski definition) is 0. The lowest BCUT2D eigenvalue weighted by molar-refractivity contribution is -0.130. The first-order chi connectivity index (χ1) is 10.6. The number of hydrogen-bond acceptors (Lipinski definition) is 3. The molecule has 1 atom stereocenters. The number of aryl methyl sites for hydroxylation is 1. The van der Waals surface area contributed by atoms with E-state index in [1.807, 2.05) is 37.2 Å². The van der Waals surface area contributed by atoms with Gasteiger partial charge in [-0.2, -0.15) is 0 Å². The van der Waals surface area contributed by atoms with Gasteiger partial charge in [0.25, 0.3) is 0 Å². The van der Waals surface area contributed by atoms with Crippen LogP contribution in [-0.4, -0.2) is 38.4 Å². The summed E-state index contributed by atoms with van der Waals surface area (Å²) in [6.45, 7) is 5.27. The highest BCUT2D eigenvalue weighted by molar-refractivity contribution is 5.73. The summed E-state index contributed by atoms with van der Waals surface area (Å²) in [6, 6.07) is 6.14. The second-order valence-electron chi connectivity index (χ2n) is 6.00. The summed E-state index contributed by atoms with van der Waals surface area (Å²) in [7, 11) is 2.00. The second kappa shape index (κ2) is 5.91. The van der Waals surface area contributed by atoms with E-state index in [1.54, 1.807) is 6.92 Å². The van der Waals surface area contributed by atoms with Crippen LogP contribution in [0, 0.1) is 6.92 Å². The smallest absolute Gasteiger partial charge is 0.219 e. The van der Waals surface area contributed by atoms with Gasteiger partial charge in [-0.3, -0.25) is 9.78 Å². The number of pyridine rings is 1. The molecule has 2 aromatic heterocycles. The number of piperidine rings is 1. The molecule has 0 unspecified atom stereocenters. The maximum Gasteiger partial charge on any atom is 0.219 e. The summed E-state index contributed by atoms with van der Waals surface area (Å²) in [5.41, 5.74) is 3.04. The number of imidazole rings is 1. The number of carbonyl (C=O) groups excluding carboxylic acids is 1. The molecule has 0 aromatic carbocycles. The Balaban J connectivity index is 1.88. The molecular formula is C17H22N4O. The average Bonchev–Trinajstić information content (AvgIpc) is 2.87. The Bertz CT molecular complexity index is 692. The highest BCUT2D eigenvalue weighted by Crippen LogP contribution is 2.27. The van der Waals surface area contributed by atoms with E-state index in [4.69, 9.17) is 4.98 Å². The molecule has 0 saturated carbocycles. The van der Waals surface area contributed by atoms with E-state index in [-0.39, 0.29) is 5.91 Å². The Morgan fingerprint density at radius 3 is 2.86 bits per heavy atom. The quantitative estimate of drug-likeness (QED) is 0.856. The Labute approximate surface area is 131 Å². The Hall–Kier alpha value is -2.17. The lowest BCUT2D eigenvalue weighted by Crippen LogP contribution is -2.37. The minimum atomic E-state index is 0.156. The zero-order valence-electron chi connectivity index (χ0n) is 13.4. The van der Waals surface area contributed by atoms with Gasteiger partial charge < -0.3 is 9.47 Å². The van der Waals surface area contributed by atoms with Crippen molar-refractivity contribution in [3.05, 3.63) is 35.9 Å². The van der Waals surface area contributed by atoms with E-state index < -0.39 is 0 Å². The number of likely N-dealkylation sites (tertiary alicyclic amines) is 1. The van der Waals surface area contributed by atoms with Gasteiger partial charge in [-0.15, -0.1) is 0 Å². The number of carbonyl (C=O) groups is 1. The second-order valence-corrected chi connectivity index (χ2v) is 6.00. The van der Waals surface area contributed by atoms with Crippen LogP contribution >= 0.6 is 0 Å². The maximum absolute atomic E-state index is 11.6. The Morgan fingerprint density at radius 2 is 2.18 bits per heavy atom. The summed E-state index contributed by atoms with van der Waals surface area (Å²) in [4.78, 5) is 22.7. The van der Waals surface area contributed by atoms with Crippen LogP contribution in [-0.2, 0) is 11.8 Å². The molecule has 3 rings (SSSR count). The van der Waals surface area contributed by atoms with Gasteiger partial charge in [0.1, 0.15) is 5.82 Å². The first kappa shape index (κ1) is 14.8. The Morgan fingerprint density at radius 1 is 1.36 bits per heavy atom. The molecular weight excluding hydrogens is 276 g/mol. The molecule has 1 fully saturated rings. The monoisotopic (exact) mass is 298 g/mol. The van der Waals surface area contributed by atoms with Crippen LogP contribution in [0.3, 0.4) is 0 Å². The van der Waals surface area contributed by atoms with E-state index in [1.165, 1.54) is 0 Å². The van der Waals surface area contributed by atoms with Crippen molar-refractivity contribution in [2.75, 3.05) is 13.1 Å². The molecule has 1 saturated heterocycles. The first-order valence-electron chi connectivity index (χ1n) is 7.77. The lowest BCUT2D eigenvalue weighted by Gasteiger charge is -2.31. The minimum Gasteiger partial charge on any atom is -0.342 e. The van der Waals surface area contributed by atoms with Gasteiger partial charge in [0.2, 0.25) is 5.91 Å². The van der Waals surface area contributed by atoms with Gasteiger partial charge in [0.05, 0.1) is 17.6 Å². The number of aromatic nitrogens is 3. The Kier molecular flexibility index (Phi) is 3.96. The summed E-state index contributed by atoms with van der Waals surface area (Å²) in [5, 5.41) is 0. The molecule has 1 aliphatic rings. The summed E-state index contributed by atoms with van der Waals surface area (Å²) in [6.07, 6.45) is 4.00. The molecule has 2 aromatic rings. The largest absolute Gasteiger partial charge is 0.342 e. The molecule has 0 spiro atoms. The van der Waals surface area contributed by atoms with E-state index in [2.05, 4.69) is 15.6 Å². The highest BCUT2D eigenvalue weighted by Gasteiger charge is 2.24. The third-order valence-corrected chi connectivity index (χ3v) is 4.54. The van der Waals surface area contributed by atoms with Crippen molar-refractivity contribution < 1.29 is 4.79 Å². The van der Waals surface area contributed by atoms with Crippen molar-refractivity contribution in [1.29, 1.82) is 0 Å². The fourth-order valence-corrected chi connectivity index (χ4v) is 3.07. The van der Waals surface area contributed by atoms with Crippen LogP contribution in [0.15, 0.2) is 24.4 Å². The van der Waals surface area contributed by atoms with Crippen molar-refractivity contribution in [1.82, 2.24) is 19.4 Å². The van der Waals surface area contributed by atoms with Crippen molar-refractivity contribution >= 4 is 5.91 Å². The predicted molar refractivity (Wildman–Crippen MR) is 85.4 cm³/mol. The molecule has 5 heteroatoms. The summed E-state index contributed by atoms with van der Waals surface area (Å²) < 4.78 is 2.05. The molecule has 1 amide bonds. The topological polar surface area (TPSA) is 51.0 Å². The van der Waals surface area contributed by atoms with E-state index in [0.717, 1.165) is 48.8 Å². The minimum absolute atomic E-state index is 0.156. The molecule has 22 heavy (non-hydrogen) atoms. The molecule has 3 heterocycles. The highest BCUT2D eigenvalue weighted by atomic mass is 16.2. The van der Waals surface area contributed by atoms with Gasteiger partial charge >= 0.3 is 0 Å². The van der Waals surface area contributed by atoms with E-state index in [9.17, 15) is 4.79 Å². The van der Waals surface area contributed by atoms with Crippen molar-refractivity contribution in [3.63, 3.8) is 0 Å². The SMILES string of the molecule is CC(=O)N1CCC[C@H](c2cccc(-c3cnc(C)n3C)n2)C1. The van der Waals surface area contributed by atoms with Crippen molar-refractivity contribution in [3.8, 4) is 11.4 Å². The molecule has 1 aliphatic heterocycles. The normalized spacial score (nSPS) is 18.5. The van der Waals surface area contributed by atoms with Gasteiger partial charge in [-0.25, -0.2) is 4.98 Å². The first-order valence-corrected chi connectivity index (χ1v) is 7.77. The lowest BCUT2D eigenvalue weighted by atomic mass is 9.94. The molecule has 0 aliphatic carbocycles. The zero-order valence-corrected chi connectivity index (χ0v) is 13.4. The van der Waals surface area contributed by atoms with Gasteiger partial charge in [-0.1, -0.05) is 6.07 Å². The van der Waals surface area contributed by atoms with E-state index >= 15 is 0 Å². The van der Waals surface area contributed by atoms with Gasteiger partial charge in [0, 0.05) is 38.7 Å². The van der Waals surface area contributed by atoms with Crippen LogP contribution < -0.4 is 0 Å². The number of amides is 1. The molecule has 116 valence electrons. The molecule has 0 N–H and O–H groups in total. The van der Waals surface area contributed by atoms with Gasteiger partial charge in [0.15, 0.2) is 0 Å². The van der Waals surface area contributed by atoms with Gasteiger partial charge in [-0.05, 0) is 31.9 Å². The van der Waals surface area contributed by atoms with Crippen LogP contribution in [0.2, 0.25) is 0 Å². The van der Waals surface area contributed by atoms with Crippen LogP contribution in [0.25, 0.3) is 11.4 Å². The van der Waals surface area contributed by atoms with Crippen molar-refractivity contribution in [2.24, 2.45) is 7.05 Å². The average molecular weight is 298 g/mol. The van der Waals surface area contributed by atoms with Crippen LogP contribution in [0.1, 0.15) is 37.2 Å². The molecule has 5 nitrogen and oxygen atoms in total. The molecule has 0 radical (unpaired) electrons. The molecule has 0 bridgehead atoms. The van der Waals surface area contributed by atoms with E-state index in [0.29, 0.717) is 5.92 Å². The third kappa shape index (κ3) is 2.75.